The molecule has 0 saturated carbocycles. The van der Waals surface area contributed by atoms with Crippen LogP contribution in [-0.4, -0.2) is 35.5 Å². The van der Waals surface area contributed by atoms with Crippen LogP contribution in [0.1, 0.15) is 59.8 Å². The van der Waals surface area contributed by atoms with Crippen LogP contribution in [0, 0.1) is 5.92 Å². The van der Waals surface area contributed by atoms with E-state index in [1.807, 2.05) is 20.8 Å². The summed E-state index contributed by atoms with van der Waals surface area (Å²) >= 11 is 0. The molecule has 0 radical (unpaired) electrons. The van der Waals surface area contributed by atoms with Crippen LogP contribution in [0.2, 0.25) is 0 Å². The SMILES string of the molecule is CCCC(C(=O)OCC)C1(O)CCOC(C)(CC)C1. The molecule has 1 N–H and O–H groups in total. The predicted molar refractivity (Wildman–Crippen MR) is 73.9 cm³/mol. The Morgan fingerprint density at radius 3 is 2.63 bits per heavy atom. The minimum atomic E-state index is -0.995. The van der Waals surface area contributed by atoms with Gasteiger partial charge in [0, 0.05) is 12.8 Å². The summed E-state index contributed by atoms with van der Waals surface area (Å²) in [5.74, 6) is -0.709. The minimum absolute atomic E-state index is 0.271. The van der Waals surface area contributed by atoms with E-state index >= 15 is 0 Å². The van der Waals surface area contributed by atoms with Gasteiger partial charge in [-0.3, -0.25) is 4.79 Å². The van der Waals surface area contributed by atoms with Crippen molar-refractivity contribution < 1.29 is 19.4 Å². The highest BCUT2D eigenvalue weighted by molar-refractivity contribution is 5.74. The molecule has 0 bridgehead atoms. The minimum Gasteiger partial charge on any atom is -0.466 e. The molecule has 0 aliphatic carbocycles. The van der Waals surface area contributed by atoms with E-state index in [-0.39, 0.29) is 11.6 Å². The van der Waals surface area contributed by atoms with Crippen molar-refractivity contribution in [2.24, 2.45) is 5.92 Å². The molecule has 0 amide bonds. The maximum atomic E-state index is 12.1. The van der Waals surface area contributed by atoms with Gasteiger partial charge in [-0.2, -0.15) is 0 Å². The zero-order valence-corrected chi connectivity index (χ0v) is 12.7. The lowest BCUT2D eigenvalue weighted by atomic mass is 9.72. The van der Waals surface area contributed by atoms with E-state index in [0.29, 0.717) is 32.5 Å². The molecule has 3 atom stereocenters. The van der Waals surface area contributed by atoms with Crippen molar-refractivity contribution in [1.29, 1.82) is 0 Å². The van der Waals surface area contributed by atoms with Crippen LogP contribution < -0.4 is 0 Å². The molecule has 0 aromatic rings. The fraction of sp³-hybridized carbons (Fsp3) is 0.933. The second kappa shape index (κ2) is 6.71. The summed E-state index contributed by atoms with van der Waals surface area (Å²) < 4.78 is 10.9. The van der Waals surface area contributed by atoms with E-state index in [0.717, 1.165) is 12.8 Å². The maximum Gasteiger partial charge on any atom is 0.311 e. The summed E-state index contributed by atoms with van der Waals surface area (Å²) in [6.07, 6.45) is 3.35. The molecule has 19 heavy (non-hydrogen) atoms. The molecule has 1 aliphatic rings. The average molecular weight is 272 g/mol. The van der Waals surface area contributed by atoms with Crippen molar-refractivity contribution in [2.45, 2.75) is 71.0 Å². The molecule has 1 rings (SSSR count). The first-order valence-electron chi connectivity index (χ1n) is 7.43. The molecule has 1 aliphatic heterocycles. The van der Waals surface area contributed by atoms with Gasteiger partial charge in [0.25, 0.3) is 0 Å². The Morgan fingerprint density at radius 2 is 2.11 bits per heavy atom. The molecule has 0 aromatic heterocycles. The van der Waals surface area contributed by atoms with E-state index in [2.05, 4.69) is 0 Å². The number of hydrogen-bond donors (Lipinski definition) is 1. The second-order valence-corrected chi connectivity index (χ2v) is 5.78. The smallest absolute Gasteiger partial charge is 0.311 e. The van der Waals surface area contributed by atoms with Crippen LogP contribution in [0.3, 0.4) is 0 Å². The standard InChI is InChI=1S/C15H28O4/c1-5-8-12(13(16)18-7-3)15(17)9-10-19-14(4,6-2)11-15/h12,17H,5-11H2,1-4H3. The lowest BCUT2D eigenvalue weighted by molar-refractivity contribution is -0.190. The van der Waals surface area contributed by atoms with Crippen LogP contribution in [0.25, 0.3) is 0 Å². The highest BCUT2D eigenvalue weighted by Gasteiger charge is 2.48. The number of rotatable bonds is 6. The van der Waals surface area contributed by atoms with Crippen LogP contribution >= 0.6 is 0 Å². The van der Waals surface area contributed by atoms with Gasteiger partial charge >= 0.3 is 5.97 Å². The monoisotopic (exact) mass is 272 g/mol. The largest absolute Gasteiger partial charge is 0.466 e. The topological polar surface area (TPSA) is 55.8 Å². The van der Waals surface area contributed by atoms with Crippen LogP contribution in [-0.2, 0) is 14.3 Å². The highest BCUT2D eigenvalue weighted by atomic mass is 16.5. The first kappa shape index (κ1) is 16.4. The molecule has 1 fully saturated rings. The Kier molecular flexibility index (Phi) is 5.81. The van der Waals surface area contributed by atoms with Crippen LogP contribution in [0.5, 0.6) is 0 Å². The van der Waals surface area contributed by atoms with Crippen LogP contribution in [0.4, 0.5) is 0 Å². The molecule has 1 heterocycles. The summed E-state index contributed by atoms with van der Waals surface area (Å²) in [7, 11) is 0. The Labute approximate surface area is 116 Å². The second-order valence-electron chi connectivity index (χ2n) is 5.78. The lowest BCUT2D eigenvalue weighted by Crippen LogP contribution is -2.53. The number of hydrogen-bond acceptors (Lipinski definition) is 4. The van der Waals surface area contributed by atoms with E-state index in [1.165, 1.54) is 0 Å². The number of carbonyl (C=O) groups is 1. The number of ether oxygens (including phenoxy) is 2. The van der Waals surface area contributed by atoms with Gasteiger partial charge in [-0.25, -0.2) is 0 Å². The number of carbonyl (C=O) groups excluding carboxylic acids is 1. The van der Waals surface area contributed by atoms with Gasteiger partial charge in [-0.15, -0.1) is 0 Å². The first-order valence-corrected chi connectivity index (χ1v) is 7.43. The van der Waals surface area contributed by atoms with Gasteiger partial charge in [0.2, 0.25) is 0 Å². The Hall–Kier alpha value is -0.610. The van der Waals surface area contributed by atoms with Crippen LogP contribution in [0.15, 0.2) is 0 Å². The normalized spacial score (nSPS) is 32.9. The van der Waals surface area contributed by atoms with E-state index in [9.17, 15) is 9.90 Å². The molecule has 1 saturated heterocycles. The van der Waals surface area contributed by atoms with Crippen molar-refractivity contribution in [3.8, 4) is 0 Å². The summed E-state index contributed by atoms with van der Waals surface area (Å²) in [5.41, 5.74) is -1.34. The third-order valence-corrected chi connectivity index (χ3v) is 4.21. The highest BCUT2D eigenvalue weighted by Crippen LogP contribution is 2.40. The zero-order valence-electron chi connectivity index (χ0n) is 12.7. The summed E-state index contributed by atoms with van der Waals surface area (Å²) in [6.45, 7) is 8.73. The first-order chi connectivity index (χ1) is 8.90. The Bertz CT molecular complexity index is 305. The quantitative estimate of drug-likeness (QED) is 0.755. The van der Waals surface area contributed by atoms with Crippen molar-refractivity contribution in [1.82, 2.24) is 0 Å². The molecular weight excluding hydrogens is 244 g/mol. The number of aliphatic hydroxyl groups is 1. The van der Waals surface area contributed by atoms with E-state index in [1.54, 1.807) is 6.92 Å². The van der Waals surface area contributed by atoms with Gasteiger partial charge in [0.1, 0.15) is 0 Å². The molecule has 4 heteroatoms. The summed E-state index contributed by atoms with van der Waals surface area (Å²) in [5, 5.41) is 10.9. The van der Waals surface area contributed by atoms with E-state index < -0.39 is 11.5 Å². The van der Waals surface area contributed by atoms with Gasteiger partial charge in [0.15, 0.2) is 0 Å². The third kappa shape index (κ3) is 3.93. The fourth-order valence-corrected chi connectivity index (χ4v) is 2.92. The molecular formula is C15H28O4. The molecule has 0 spiro atoms. The Balaban J connectivity index is 2.89. The fourth-order valence-electron chi connectivity index (χ4n) is 2.92. The summed E-state index contributed by atoms with van der Waals surface area (Å²) in [4.78, 5) is 12.1. The van der Waals surface area contributed by atoms with E-state index in [4.69, 9.17) is 9.47 Å². The maximum absolute atomic E-state index is 12.1. The predicted octanol–water partition coefficient (Wildman–Crippen LogP) is 2.68. The molecule has 112 valence electrons. The zero-order chi connectivity index (χ0) is 14.5. The van der Waals surface area contributed by atoms with Gasteiger partial charge < -0.3 is 14.6 Å². The van der Waals surface area contributed by atoms with Gasteiger partial charge in [-0.1, -0.05) is 20.3 Å². The van der Waals surface area contributed by atoms with Gasteiger partial charge in [0.05, 0.1) is 30.3 Å². The third-order valence-electron chi connectivity index (χ3n) is 4.21. The van der Waals surface area contributed by atoms with Crippen molar-refractivity contribution in [3.63, 3.8) is 0 Å². The average Bonchev–Trinajstić information content (AvgIpc) is 2.35. The number of esters is 1. The Morgan fingerprint density at radius 1 is 1.42 bits per heavy atom. The van der Waals surface area contributed by atoms with Gasteiger partial charge in [-0.05, 0) is 26.7 Å². The van der Waals surface area contributed by atoms with Crippen molar-refractivity contribution in [2.75, 3.05) is 13.2 Å². The summed E-state index contributed by atoms with van der Waals surface area (Å²) in [6, 6.07) is 0. The molecule has 3 unspecified atom stereocenters. The van der Waals surface area contributed by atoms with Crippen molar-refractivity contribution >= 4 is 5.97 Å². The molecule has 0 aromatic carbocycles. The molecule has 4 nitrogen and oxygen atoms in total. The lowest BCUT2D eigenvalue weighted by Gasteiger charge is -2.46. The van der Waals surface area contributed by atoms with Crippen molar-refractivity contribution in [3.05, 3.63) is 0 Å².